The second-order valence-electron chi connectivity index (χ2n) is 6.66. The van der Waals surface area contributed by atoms with Crippen LogP contribution < -0.4 is 9.64 Å². The molecule has 1 aliphatic rings. The molecule has 1 saturated heterocycles. The zero-order chi connectivity index (χ0) is 19.2. The van der Waals surface area contributed by atoms with Gasteiger partial charge in [-0.15, -0.1) is 0 Å². The number of nitrogens with zero attached hydrogens (tertiary/aromatic N) is 6. The SMILES string of the molecule is CCOc1ccnc(N2CCN(Cc3ccc(-c4ccccn4)nc3)CC2)n1. The molecular formula is C21H24N6O. The molecule has 0 saturated carbocycles. The molecule has 0 spiro atoms. The minimum absolute atomic E-state index is 0.609. The van der Waals surface area contributed by atoms with Crippen molar-refractivity contribution in [3.8, 4) is 17.3 Å². The van der Waals surface area contributed by atoms with E-state index in [1.165, 1.54) is 5.56 Å². The summed E-state index contributed by atoms with van der Waals surface area (Å²) in [6, 6.07) is 11.8. The van der Waals surface area contributed by atoms with Crippen LogP contribution in [0.15, 0.2) is 55.0 Å². The van der Waals surface area contributed by atoms with E-state index >= 15 is 0 Å². The van der Waals surface area contributed by atoms with Crippen LogP contribution in [0, 0.1) is 0 Å². The predicted octanol–water partition coefficient (Wildman–Crippen LogP) is 2.65. The fourth-order valence-corrected chi connectivity index (χ4v) is 3.26. The second-order valence-corrected chi connectivity index (χ2v) is 6.66. The van der Waals surface area contributed by atoms with Gasteiger partial charge in [-0.25, -0.2) is 4.98 Å². The summed E-state index contributed by atoms with van der Waals surface area (Å²) in [5, 5.41) is 0. The van der Waals surface area contributed by atoms with E-state index in [9.17, 15) is 0 Å². The minimum Gasteiger partial charge on any atom is -0.478 e. The summed E-state index contributed by atoms with van der Waals surface area (Å²) in [6.45, 7) is 7.18. The van der Waals surface area contributed by atoms with E-state index in [0.29, 0.717) is 12.5 Å². The second kappa shape index (κ2) is 8.75. The highest BCUT2D eigenvalue weighted by molar-refractivity contribution is 5.53. The van der Waals surface area contributed by atoms with Gasteiger partial charge in [-0.1, -0.05) is 12.1 Å². The lowest BCUT2D eigenvalue weighted by molar-refractivity contribution is 0.248. The Labute approximate surface area is 165 Å². The first-order valence-electron chi connectivity index (χ1n) is 9.61. The Morgan fingerprint density at radius 3 is 2.46 bits per heavy atom. The van der Waals surface area contributed by atoms with E-state index in [1.54, 1.807) is 18.5 Å². The first-order chi connectivity index (χ1) is 13.8. The molecule has 3 aromatic rings. The van der Waals surface area contributed by atoms with Crippen molar-refractivity contribution in [2.45, 2.75) is 13.5 Å². The molecule has 0 atom stereocenters. The number of hydrogen-bond acceptors (Lipinski definition) is 7. The van der Waals surface area contributed by atoms with E-state index in [0.717, 1.165) is 50.1 Å². The maximum atomic E-state index is 5.48. The van der Waals surface area contributed by atoms with E-state index in [2.05, 4.69) is 35.8 Å². The minimum atomic E-state index is 0.609. The van der Waals surface area contributed by atoms with Crippen LogP contribution in [0.1, 0.15) is 12.5 Å². The Kier molecular flexibility index (Phi) is 5.72. The van der Waals surface area contributed by atoms with Gasteiger partial charge in [-0.05, 0) is 30.7 Å². The van der Waals surface area contributed by atoms with Crippen LogP contribution >= 0.6 is 0 Å². The maximum Gasteiger partial charge on any atom is 0.228 e. The average Bonchev–Trinajstić information content (AvgIpc) is 2.76. The molecule has 0 aliphatic carbocycles. The fraction of sp³-hybridized carbons (Fsp3) is 0.333. The van der Waals surface area contributed by atoms with Crippen molar-refractivity contribution in [3.63, 3.8) is 0 Å². The summed E-state index contributed by atoms with van der Waals surface area (Å²) in [6.07, 6.45) is 5.50. The Morgan fingerprint density at radius 2 is 1.75 bits per heavy atom. The van der Waals surface area contributed by atoms with Crippen LogP contribution in [0.4, 0.5) is 5.95 Å². The highest BCUT2D eigenvalue weighted by Gasteiger charge is 2.19. The van der Waals surface area contributed by atoms with E-state index < -0.39 is 0 Å². The molecule has 1 fully saturated rings. The van der Waals surface area contributed by atoms with Crippen LogP contribution in [0.25, 0.3) is 11.4 Å². The molecule has 4 rings (SSSR count). The molecule has 0 aromatic carbocycles. The molecule has 1 aliphatic heterocycles. The number of piperazine rings is 1. The lowest BCUT2D eigenvalue weighted by Crippen LogP contribution is -2.46. The Hall–Kier alpha value is -3.06. The highest BCUT2D eigenvalue weighted by atomic mass is 16.5. The van der Waals surface area contributed by atoms with E-state index in [4.69, 9.17) is 4.74 Å². The number of anilines is 1. The van der Waals surface area contributed by atoms with E-state index in [-0.39, 0.29) is 0 Å². The molecule has 0 radical (unpaired) electrons. The van der Waals surface area contributed by atoms with Crippen molar-refractivity contribution in [2.75, 3.05) is 37.7 Å². The average molecular weight is 376 g/mol. The highest BCUT2D eigenvalue weighted by Crippen LogP contribution is 2.17. The molecule has 28 heavy (non-hydrogen) atoms. The molecule has 4 heterocycles. The monoisotopic (exact) mass is 376 g/mol. The molecule has 3 aromatic heterocycles. The number of aromatic nitrogens is 4. The van der Waals surface area contributed by atoms with Gasteiger partial charge in [0.2, 0.25) is 11.8 Å². The smallest absolute Gasteiger partial charge is 0.228 e. The van der Waals surface area contributed by atoms with Gasteiger partial charge >= 0.3 is 0 Å². The van der Waals surface area contributed by atoms with Crippen molar-refractivity contribution >= 4 is 5.95 Å². The van der Waals surface area contributed by atoms with Crippen LogP contribution in [0.5, 0.6) is 5.88 Å². The topological polar surface area (TPSA) is 67.3 Å². The molecular weight excluding hydrogens is 352 g/mol. The van der Waals surface area contributed by atoms with Gasteiger partial charge in [-0.2, -0.15) is 4.98 Å². The largest absolute Gasteiger partial charge is 0.478 e. The summed E-state index contributed by atoms with van der Waals surface area (Å²) in [4.78, 5) is 22.4. The lowest BCUT2D eigenvalue weighted by atomic mass is 10.2. The van der Waals surface area contributed by atoms with Gasteiger partial charge in [0.25, 0.3) is 0 Å². The zero-order valence-corrected chi connectivity index (χ0v) is 16.0. The van der Waals surface area contributed by atoms with Gasteiger partial charge in [0.15, 0.2) is 0 Å². The van der Waals surface area contributed by atoms with Gasteiger partial charge in [0.05, 0.1) is 18.0 Å². The van der Waals surface area contributed by atoms with Crippen molar-refractivity contribution in [3.05, 3.63) is 60.6 Å². The molecule has 7 nitrogen and oxygen atoms in total. The lowest BCUT2D eigenvalue weighted by Gasteiger charge is -2.34. The molecule has 7 heteroatoms. The molecule has 0 unspecified atom stereocenters. The Bertz CT molecular complexity index is 879. The third-order valence-electron chi connectivity index (χ3n) is 4.72. The van der Waals surface area contributed by atoms with Gasteiger partial charge in [0.1, 0.15) is 0 Å². The summed E-state index contributed by atoms with van der Waals surface area (Å²) < 4.78 is 5.48. The number of pyridine rings is 2. The molecule has 0 N–H and O–H groups in total. The predicted molar refractivity (Wildman–Crippen MR) is 108 cm³/mol. The van der Waals surface area contributed by atoms with Crippen LogP contribution in [-0.2, 0) is 6.54 Å². The molecule has 0 bridgehead atoms. The Balaban J connectivity index is 1.32. The molecule has 0 amide bonds. The summed E-state index contributed by atoms with van der Waals surface area (Å²) >= 11 is 0. The van der Waals surface area contributed by atoms with Crippen molar-refractivity contribution in [1.29, 1.82) is 0 Å². The van der Waals surface area contributed by atoms with Gasteiger partial charge in [-0.3, -0.25) is 14.9 Å². The van der Waals surface area contributed by atoms with Crippen molar-refractivity contribution in [2.24, 2.45) is 0 Å². The van der Waals surface area contributed by atoms with Crippen molar-refractivity contribution < 1.29 is 4.74 Å². The van der Waals surface area contributed by atoms with Crippen LogP contribution in [0.3, 0.4) is 0 Å². The zero-order valence-electron chi connectivity index (χ0n) is 16.0. The van der Waals surface area contributed by atoms with Gasteiger partial charge < -0.3 is 9.64 Å². The standard InChI is InChI=1S/C21H24N6O/c1-2-28-20-8-10-23-21(25-20)27-13-11-26(12-14-27)16-17-6-7-19(24-15-17)18-5-3-4-9-22-18/h3-10,15H,2,11-14,16H2,1H3. The number of hydrogen-bond donors (Lipinski definition) is 0. The maximum absolute atomic E-state index is 5.48. The summed E-state index contributed by atoms with van der Waals surface area (Å²) in [5.74, 6) is 1.38. The number of rotatable bonds is 6. The van der Waals surface area contributed by atoms with Crippen LogP contribution in [-0.4, -0.2) is 57.6 Å². The number of ether oxygens (including phenoxy) is 1. The van der Waals surface area contributed by atoms with Crippen LogP contribution in [0.2, 0.25) is 0 Å². The third-order valence-corrected chi connectivity index (χ3v) is 4.72. The fourth-order valence-electron chi connectivity index (χ4n) is 3.26. The third kappa shape index (κ3) is 4.43. The Morgan fingerprint density at radius 1 is 0.893 bits per heavy atom. The summed E-state index contributed by atoms with van der Waals surface area (Å²) in [7, 11) is 0. The van der Waals surface area contributed by atoms with E-state index in [1.807, 2.05) is 37.4 Å². The van der Waals surface area contributed by atoms with Crippen molar-refractivity contribution in [1.82, 2.24) is 24.8 Å². The normalized spacial score (nSPS) is 14.8. The van der Waals surface area contributed by atoms with Gasteiger partial charge in [0, 0.05) is 57.4 Å². The summed E-state index contributed by atoms with van der Waals surface area (Å²) in [5.41, 5.74) is 3.01. The first-order valence-corrected chi connectivity index (χ1v) is 9.61. The quantitative estimate of drug-likeness (QED) is 0.655. The molecule has 144 valence electrons. The first kappa shape index (κ1) is 18.3.